The molecule has 0 spiro atoms. The Kier molecular flexibility index (Phi) is 4.56. The molecule has 3 N–H and O–H groups in total. The van der Waals surface area contributed by atoms with Gasteiger partial charge in [-0.3, -0.25) is 4.79 Å². The third-order valence-corrected chi connectivity index (χ3v) is 10.2. The van der Waals surface area contributed by atoms with Crippen molar-refractivity contribution < 1.29 is 27.0 Å². The van der Waals surface area contributed by atoms with Gasteiger partial charge in [-0.1, -0.05) is 34.1 Å². The number of fused-ring (bicyclic) bond motifs is 5. The van der Waals surface area contributed by atoms with Crippen molar-refractivity contribution in [3.8, 4) is 0 Å². The van der Waals surface area contributed by atoms with Gasteiger partial charge in [0.15, 0.2) is 0 Å². The lowest BCUT2D eigenvalue weighted by Gasteiger charge is -2.64. The molecule has 4 nitrogen and oxygen atoms in total. The van der Waals surface area contributed by atoms with E-state index < -0.39 is 42.7 Å². The SMILES string of the molecule is [2H]C([2H])(C[C@@H](C)[C@H]1CC[C@H]2[C@H]3[C@H](CC[C@]12C)[C@@]1(C)CC[C@@H](O)C[C@H]1[C@]([2H])(C([2H])([2H])C)[C@H]3O)C(=O)O. The Bertz CT molecular complexity index is 848. The number of carboxylic acids is 1. The molecule has 30 heavy (non-hydrogen) atoms. The smallest absolute Gasteiger partial charge is 0.303 e. The van der Waals surface area contributed by atoms with Gasteiger partial charge in [-0.15, -0.1) is 0 Å². The van der Waals surface area contributed by atoms with E-state index in [9.17, 15) is 21.5 Å². The number of aliphatic hydroxyl groups excluding tert-OH is 2. The molecule has 0 aromatic rings. The van der Waals surface area contributed by atoms with Gasteiger partial charge < -0.3 is 15.3 Å². The monoisotopic (exact) mass is 425 g/mol. The molecule has 11 atom stereocenters. The zero-order valence-electron chi connectivity index (χ0n) is 24.0. The highest BCUT2D eigenvalue weighted by Crippen LogP contribution is 2.69. The Hall–Kier alpha value is -0.610. The van der Waals surface area contributed by atoms with Crippen LogP contribution in [0, 0.1) is 52.2 Å². The van der Waals surface area contributed by atoms with Gasteiger partial charge in [0.2, 0.25) is 0 Å². The summed E-state index contributed by atoms with van der Waals surface area (Å²) in [6, 6.07) is 0. The van der Waals surface area contributed by atoms with E-state index in [0.717, 1.165) is 32.1 Å². The molecule has 4 rings (SSSR count). The van der Waals surface area contributed by atoms with Crippen molar-refractivity contribution in [2.45, 2.75) is 104 Å². The first-order chi connectivity index (χ1) is 15.9. The third kappa shape index (κ3) is 3.36. The van der Waals surface area contributed by atoms with Crippen LogP contribution in [0.4, 0.5) is 0 Å². The second kappa shape index (κ2) is 8.06. The fourth-order valence-electron chi connectivity index (χ4n) is 8.74. The maximum atomic E-state index is 11.9. The Morgan fingerprint density at radius 3 is 2.43 bits per heavy atom. The molecule has 0 saturated heterocycles. The Labute approximate surface area is 189 Å². The van der Waals surface area contributed by atoms with Gasteiger partial charge in [0.25, 0.3) is 0 Å². The summed E-state index contributed by atoms with van der Waals surface area (Å²) >= 11 is 0. The maximum Gasteiger partial charge on any atom is 0.303 e. The van der Waals surface area contributed by atoms with E-state index in [0.29, 0.717) is 12.8 Å². The van der Waals surface area contributed by atoms with Crippen molar-refractivity contribution in [1.29, 1.82) is 0 Å². The van der Waals surface area contributed by atoms with Crippen molar-refractivity contribution in [2.24, 2.45) is 52.2 Å². The first-order valence-corrected chi connectivity index (χ1v) is 12.0. The summed E-state index contributed by atoms with van der Waals surface area (Å²) in [5.74, 6) is -3.62. The highest BCUT2D eigenvalue weighted by molar-refractivity contribution is 5.66. The molecule has 0 radical (unpaired) electrons. The molecular formula is C26H44O4. The summed E-state index contributed by atoms with van der Waals surface area (Å²) in [6.45, 7) is 7.72. The first kappa shape index (κ1) is 16.9. The second-order valence-corrected chi connectivity index (χ2v) is 11.3. The largest absolute Gasteiger partial charge is 0.481 e. The van der Waals surface area contributed by atoms with Gasteiger partial charge >= 0.3 is 5.97 Å². The first-order valence-electron chi connectivity index (χ1n) is 14.5. The fraction of sp³-hybridized carbons (Fsp3) is 0.962. The van der Waals surface area contributed by atoms with Gasteiger partial charge in [0, 0.05) is 13.2 Å². The lowest BCUT2D eigenvalue weighted by Crippen LogP contribution is -2.62. The number of hydrogen-bond acceptors (Lipinski definition) is 3. The number of hydrogen-bond donors (Lipinski definition) is 3. The van der Waals surface area contributed by atoms with Crippen LogP contribution in [-0.4, -0.2) is 33.5 Å². The molecule has 0 aliphatic heterocycles. The van der Waals surface area contributed by atoms with Crippen LogP contribution in [-0.2, 0) is 4.79 Å². The fourth-order valence-corrected chi connectivity index (χ4v) is 8.74. The van der Waals surface area contributed by atoms with E-state index in [2.05, 4.69) is 13.8 Å². The van der Waals surface area contributed by atoms with Crippen LogP contribution in [0.5, 0.6) is 0 Å². The summed E-state index contributed by atoms with van der Waals surface area (Å²) in [4.78, 5) is 11.4. The zero-order valence-corrected chi connectivity index (χ0v) is 19.0. The highest BCUT2D eigenvalue weighted by atomic mass is 16.4. The minimum absolute atomic E-state index is 0.0521. The quantitative estimate of drug-likeness (QED) is 0.572. The minimum Gasteiger partial charge on any atom is -0.481 e. The number of aliphatic hydroxyl groups is 2. The summed E-state index contributed by atoms with van der Waals surface area (Å²) in [5.41, 5.74) is -0.547. The summed E-state index contributed by atoms with van der Waals surface area (Å²) in [5, 5.41) is 31.7. The molecule has 0 bridgehead atoms. The van der Waals surface area contributed by atoms with Crippen LogP contribution in [0.3, 0.4) is 0 Å². The van der Waals surface area contributed by atoms with E-state index in [1.807, 2.05) is 6.92 Å². The number of carbonyl (C=O) groups is 1. The molecule has 0 aromatic carbocycles. The number of aliphatic carboxylic acids is 1. The summed E-state index contributed by atoms with van der Waals surface area (Å²) in [6.07, 6.45) is -0.872. The van der Waals surface area contributed by atoms with Crippen molar-refractivity contribution >= 4 is 5.97 Å². The van der Waals surface area contributed by atoms with Crippen molar-refractivity contribution in [2.75, 3.05) is 0 Å². The lowest BCUT2D eigenvalue weighted by atomic mass is 9.41. The molecule has 0 unspecified atom stereocenters. The summed E-state index contributed by atoms with van der Waals surface area (Å²) < 4.78 is 42.7. The topological polar surface area (TPSA) is 77.8 Å². The molecule has 4 saturated carbocycles. The minimum atomic E-state index is -2.28. The second-order valence-electron chi connectivity index (χ2n) is 11.3. The maximum absolute atomic E-state index is 11.9. The molecule has 4 aliphatic rings. The van der Waals surface area contributed by atoms with Gasteiger partial charge in [-0.05, 0) is 104 Å². The van der Waals surface area contributed by atoms with Crippen LogP contribution in [0.15, 0.2) is 0 Å². The van der Waals surface area contributed by atoms with E-state index >= 15 is 0 Å². The van der Waals surface area contributed by atoms with E-state index in [1.165, 1.54) is 6.92 Å². The Morgan fingerprint density at radius 1 is 1.10 bits per heavy atom. The molecule has 0 heterocycles. The Balaban J connectivity index is 1.71. The van der Waals surface area contributed by atoms with Crippen LogP contribution >= 0.6 is 0 Å². The normalized spacial score (nSPS) is 57.4. The van der Waals surface area contributed by atoms with Crippen molar-refractivity contribution in [1.82, 2.24) is 0 Å². The van der Waals surface area contributed by atoms with Gasteiger partial charge in [0.05, 0.1) is 12.2 Å². The van der Waals surface area contributed by atoms with Crippen molar-refractivity contribution in [3.05, 3.63) is 0 Å². The predicted octanol–water partition coefficient (Wildman–Crippen LogP) is 5.11. The molecule has 4 fully saturated rings. The average molecular weight is 426 g/mol. The standard InChI is InChI=1S/C26H44O4/c1-5-17-21-14-16(27)10-12-26(21,4)20-11-13-25(3)18(15(2)6-9-22(28)29)7-8-19(25)23(20)24(17)30/h15-21,23-24,27,30H,5-14H2,1-4H3,(H,28,29)/t15-,16-,17+,18-,19+,20+,21+,23+,24-,25-,26-/m1/s1/i5D2,9D2,17D. The molecule has 0 amide bonds. The number of rotatable bonds is 5. The third-order valence-electron chi connectivity index (χ3n) is 10.2. The van der Waals surface area contributed by atoms with Crippen LogP contribution in [0.1, 0.15) is 98.7 Å². The van der Waals surface area contributed by atoms with E-state index in [1.54, 1.807) is 0 Å². The van der Waals surface area contributed by atoms with Gasteiger partial charge in [-0.25, -0.2) is 0 Å². The van der Waals surface area contributed by atoms with Crippen LogP contribution in [0.25, 0.3) is 0 Å². The van der Waals surface area contributed by atoms with Crippen LogP contribution < -0.4 is 0 Å². The highest BCUT2D eigenvalue weighted by Gasteiger charge is 2.64. The van der Waals surface area contributed by atoms with Crippen LogP contribution in [0.2, 0.25) is 0 Å². The molecule has 4 heteroatoms. The predicted molar refractivity (Wildman–Crippen MR) is 118 cm³/mol. The summed E-state index contributed by atoms with van der Waals surface area (Å²) in [7, 11) is 0. The van der Waals surface area contributed by atoms with Crippen molar-refractivity contribution in [3.63, 3.8) is 0 Å². The molecular weight excluding hydrogens is 376 g/mol. The van der Waals surface area contributed by atoms with Gasteiger partial charge in [-0.2, -0.15) is 0 Å². The zero-order chi connectivity index (χ0) is 26.4. The molecule has 4 aliphatic carbocycles. The number of carboxylic acid groups (broad SMARTS) is 1. The Morgan fingerprint density at radius 2 is 1.77 bits per heavy atom. The van der Waals surface area contributed by atoms with E-state index in [4.69, 9.17) is 5.48 Å². The molecule has 172 valence electrons. The molecule has 0 aromatic heterocycles. The average Bonchev–Trinajstić information content (AvgIpc) is 3.09. The lowest BCUT2D eigenvalue weighted by molar-refractivity contribution is -0.203. The van der Waals surface area contributed by atoms with E-state index in [-0.39, 0.29) is 46.8 Å². The van der Waals surface area contributed by atoms with Gasteiger partial charge in [0.1, 0.15) is 0 Å².